The molecule has 2 rings (SSSR count). The van der Waals surface area contributed by atoms with E-state index in [2.05, 4.69) is 19.2 Å². The van der Waals surface area contributed by atoms with E-state index in [4.69, 9.17) is 0 Å². The summed E-state index contributed by atoms with van der Waals surface area (Å²) in [6.45, 7) is 6.44. The van der Waals surface area contributed by atoms with Crippen LogP contribution in [0.2, 0.25) is 0 Å². The Hall–Kier alpha value is -1.58. The normalized spacial score (nSPS) is 21.9. The van der Waals surface area contributed by atoms with Crippen molar-refractivity contribution in [2.75, 3.05) is 5.32 Å². The molecule has 0 aliphatic heterocycles. The van der Waals surface area contributed by atoms with Crippen LogP contribution >= 0.6 is 0 Å². The molecule has 0 heterocycles. The number of hydrogen-bond donors (Lipinski definition) is 1. The fraction of sp³-hybridized carbons (Fsp3) is 0.600. The Bertz CT molecular complexity index is 483. The Morgan fingerprint density at radius 2 is 2.11 bits per heavy atom. The van der Waals surface area contributed by atoms with Crippen LogP contribution in [0, 0.1) is 22.5 Å². The van der Waals surface area contributed by atoms with Gasteiger partial charge in [-0.15, -0.1) is 0 Å². The second-order valence-electron chi connectivity index (χ2n) is 6.21. The molecule has 0 spiro atoms. The first-order valence-electron chi connectivity index (χ1n) is 6.92. The minimum absolute atomic E-state index is 0.173. The molecule has 19 heavy (non-hydrogen) atoms. The van der Waals surface area contributed by atoms with E-state index in [0.29, 0.717) is 11.7 Å². The number of benzene rings is 1. The molecule has 1 atom stereocenters. The molecule has 104 valence electrons. The first-order valence-corrected chi connectivity index (χ1v) is 6.92. The molecule has 0 saturated heterocycles. The van der Waals surface area contributed by atoms with Crippen LogP contribution in [0.25, 0.3) is 0 Å². The summed E-state index contributed by atoms with van der Waals surface area (Å²) < 4.78 is 0. The zero-order chi connectivity index (χ0) is 14.0. The van der Waals surface area contributed by atoms with E-state index in [0.717, 1.165) is 12.0 Å². The highest BCUT2D eigenvalue weighted by Gasteiger charge is 2.33. The van der Waals surface area contributed by atoms with E-state index in [9.17, 15) is 10.1 Å². The Kier molecular flexibility index (Phi) is 3.78. The number of nitrogens with one attached hydrogen (secondary N) is 1. The molecule has 1 unspecified atom stereocenters. The fourth-order valence-electron chi connectivity index (χ4n) is 2.87. The van der Waals surface area contributed by atoms with Gasteiger partial charge in [0.25, 0.3) is 5.69 Å². The lowest BCUT2D eigenvalue weighted by molar-refractivity contribution is -0.384. The van der Waals surface area contributed by atoms with Gasteiger partial charge in [0, 0.05) is 12.1 Å². The first kappa shape index (κ1) is 13.8. The topological polar surface area (TPSA) is 55.2 Å². The van der Waals surface area contributed by atoms with Gasteiger partial charge in [-0.1, -0.05) is 32.8 Å². The lowest BCUT2D eigenvalue weighted by Gasteiger charge is -2.39. The molecule has 1 fully saturated rings. The average molecular weight is 262 g/mol. The van der Waals surface area contributed by atoms with E-state index < -0.39 is 0 Å². The lowest BCUT2D eigenvalue weighted by atomic mass is 9.73. The zero-order valence-electron chi connectivity index (χ0n) is 11.9. The van der Waals surface area contributed by atoms with Gasteiger partial charge in [-0.25, -0.2) is 0 Å². The summed E-state index contributed by atoms with van der Waals surface area (Å²) in [4.78, 5) is 10.8. The minimum atomic E-state index is -0.308. The van der Waals surface area contributed by atoms with E-state index in [1.807, 2.05) is 13.0 Å². The third kappa shape index (κ3) is 3.06. The summed E-state index contributed by atoms with van der Waals surface area (Å²) in [7, 11) is 0. The van der Waals surface area contributed by atoms with Crippen LogP contribution in [0.15, 0.2) is 18.2 Å². The Balaban J connectivity index is 2.27. The highest BCUT2D eigenvalue weighted by atomic mass is 16.6. The summed E-state index contributed by atoms with van der Waals surface area (Å²) in [6.07, 6.45) is 4.70. The summed E-state index contributed by atoms with van der Waals surface area (Å²) in [5, 5.41) is 14.5. The summed E-state index contributed by atoms with van der Waals surface area (Å²) >= 11 is 0. The van der Waals surface area contributed by atoms with E-state index in [-0.39, 0.29) is 16.0 Å². The average Bonchev–Trinajstić information content (AvgIpc) is 2.31. The Labute approximate surface area is 114 Å². The summed E-state index contributed by atoms with van der Waals surface area (Å²) in [5.41, 5.74) is 2.06. The lowest BCUT2D eigenvalue weighted by Crippen LogP contribution is -2.39. The predicted octanol–water partition coefficient (Wildman–Crippen LogP) is 4.28. The van der Waals surface area contributed by atoms with Gasteiger partial charge >= 0.3 is 0 Å². The van der Waals surface area contributed by atoms with Gasteiger partial charge in [0.05, 0.1) is 4.92 Å². The molecular weight excluding hydrogens is 240 g/mol. The smallest absolute Gasteiger partial charge is 0.292 e. The predicted molar refractivity (Wildman–Crippen MR) is 77.5 cm³/mol. The molecule has 0 aromatic heterocycles. The summed E-state index contributed by atoms with van der Waals surface area (Å²) in [5.74, 6) is 0. The molecule has 1 N–H and O–H groups in total. The molecule has 1 aromatic carbocycles. The molecule has 0 amide bonds. The summed E-state index contributed by atoms with van der Waals surface area (Å²) in [6, 6.07) is 5.56. The van der Waals surface area contributed by atoms with E-state index >= 15 is 0 Å². The highest BCUT2D eigenvalue weighted by Crippen LogP contribution is 2.38. The first-order chi connectivity index (χ1) is 8.90. The molecule has 1 aliphatic carbocycles. The molecule has 1 aromatic rings. The van der Waals surface area contributed by atoms with Crippen LogP contribution in [0.1, 0.15) is 45.1 Å². The quantitative estimate of drug-likeness (QED) is 0.653. The maximum atomic E-state index is 11.1. The molecule has 1 saturated carbocycles. The van der Waals surface area contributed by atoms with Gasteiger partial charge in [0.1, 0.15) is 5.69 Å². The molecule has 0 bridgehead atoms. The number of nitro groups is 1. The molecule has 4 heteroatoms. The van der Waals surface area contributed by atoms with E-state index in [1.165, 1.54) is 19.3 Å². The maximum Gasteiger partial charge on any atom is 0.292 e. The van der Waals surface area contributed by atoms with Gasteiger partial charge < -0.3 is 5.32 Å². The maximum absolute atomic E-state index is 11.1. The van der Waals surface area contributed by atoms with Crippen LogP contribution in [0.5, 0.6) is 0 Å². The third-order valence-corrected chi connectivity index (χ3v) is 4.19. The van der Waals surface area contributed by atoms with Gasteiger partial charge in [0.2, 0.25) is 0 Å². The zero-order valence-corrected chi connectivity index (χ0v) is 11.9. The van der Waals surface area contributed by atoms with Crippen molar-refractivity contribution in [3.8, 4) is 0 Å². The number of aryl methyl sites for hydroxylation is 1. The monoisotopic (exact) mass is 262 g/mol. The van der Waals surface area contributed by atoms with Crippen LogP contribution in [-0.4, -0.2) is 11.0 Å². The molecule has 1 aliphatic rings. The van der Waals surface area contributed by atoms with Crippen molar-refractivity contribution in [1.29, 1.82) is 0 Å². The largest absolute Gasteiger partial charge is 0.376 e. The highest BCUT2D eigenvalue weighted by molar-refractivity contribution is 5.63. The second kappa shape index (κ2) is 5.19. The minimum Gasteiger partial charge on any atom is -0.376 e. The van der Waals surface area contributed by atoms with Gasteiger partial charge in [-0.2, -0.15) is 0 Å². The van der Waals surface area contributed by atoms with Crippen molar-refractivity contribution in [3.05, 3.63) is 33.9 Å². The Morgan fingerprint density at radius 3 is 2.74 bits per heavy atom. The molecular formula is C15H22N2O2. The van der Waals surface area contributed by atoms with Crippen molar-refractivity contribution in [3.63, 3.8) is 0 Å². The van der Waals surface area contributed by atoms with Gasteiger partial charge in [0.15, 0.2) is 0 Å². The molecule has 0 radical (unpaired) electrons. The standard InChI is InChI=1S/C15H22N2O2/c1-11-7-8-13(17(18)19)12(10-11)16-14-6-4-5-9-15(14,2)3/h7-8,10,14,16H,4-6,9H2,1-3H3. The van der Waals surface area contributed by atoms with E-state index in [1.54, 1.807) is 12.1 Å². The number of nitro benzene ring substituents is 1. The Morgan fingerprint density at radius 1 is 1.37 bits per heavy atom. The third-order valence-electron chi connectivity index (χ3n) is 4.19. The molecule has 4 nitrogen and oxygen atoms in total. The van der Waals surface area contributed by atoms with Crippen molar-refractivity contribution in [2.45, 2.75) is 52.5 Å². The van der Waals surface area contributed by atoms with Crippen molar-refractivity contribution < 1.29 is 4.92 Å². The van der Waals surface area contributed by atoms with Crippen molar-refractivity contribution in [1.82, 2.24) is 0 Å². The van der Waals surface area contributed by atoms with Crippen LogP contribution in [-0.2, 0) is 0 Å². The van der Waals surface area contributed by atoms with Crippen molar-refractivity contribution in [2.24, 2.45) is 5.41 Å². The van der Waals surface area contributed by atoms with Gasteiger partial charge in [-0.05, 0) is 36.8 Å². The van der Waals surface area contributed by atoms with Gasteiger partial charge in [-0.3, -0.25) is 10.1 Å². The number of hydrogen-bond acceptors (Lipinski definition) is 3. The van der Waals surface area contributed by atoms with Crippen molar-refractivity contribution >= 4 is 11.4 Å². The van der Waals surface area contributed by atoms with Crippen LogP contribution in [0.4, 0.5) is 11.4 Å². The number of anilines is 1. The second-order valence-corrected chi connectivity index (χ2v) is 6.21. The van der Waals surface area contributed by atoms with Crippen LogP contribution in [0.3, 0.4) is 0 Å². The SMILES string of the molecule is Cc1ccc([N+](=O)[O-])c(NC2CCCCC2(C)C)c1. The van der Waals surface area contributed by atoms with Crippen LogP contribution < -0.4 is 5.32 Å². The fourth-order valence-corrected chi connectivity index (χ4v) is 2.87. The number of rotatable bonds is 3. The number of nitrogens with zero attached hydrogens (tertiary/aromatic N) is 1.